The van der Waals surface area contributed by atoms with Gasteiger partial charge in [0.15, 0.2) is 0 Å². The van der Waals surface area contributed by atoms with E-state index in [1.807, 2.05) is 11.4 Å². The quantitative estimate of drug-likeness (QED) is 0.926. The van der Waals surface area contributed by atoms with E-state index in [2.05, 4.69) is 0 Å². The molecule has 1 atom stereocenters. The van der Waals surface area contributed by atoms with Gasteiger partial charge in [-0.25, -0.2) is 4.39 Å². The maximum absolute atomic E-state index is 13.7. The second-order valence-electron chi connectivity index (χ2n) is 3.53. The van der Waals surface area contributed by atoms with E-state index in [0.717, 1.165) is 10.6 Å². The zero-order chi connectivity index (χ0) is 12.4. The van der Waals surface area contributed by atoms with Crippen LogP contribution in [0, 0.1) is 5.82 Å². The van der Waals surface area contributed by atoms with Crippen molar-refractivity contribution in [3.8, 4) is 5.75 Å². The van der Waals surface area contributed by atoms with E-state index in [0.29, 0.717) is 10.6 Å². The molecule has 0 radical (unpaired) electrons. The highest BCUT2D eigenvalue weighted by Crippen LogP contribution is 2.31. The molecule has 0 saturated carbocycles. The minimum atomic E-state index is -0.499. The molecule has 1 aromatic carbocycles. The van der Waals surface area contributed by atoms with Crippen molar-refractivity contribution < 1.29 is 9.13 Å². The van der Waals surface area contributed by atoms with Crippen LogP contribution in [0.2, 0.25) is 5.02 Å². The maximum Gasteiger partial charge on any atom is 0.129 e. The van der Waals surface area contributed by atoms with E-state index in [1.165, 1.54) is 17.4 Å². The summed E-state index contributed by atoms with van der Waals surface area (Å²) >= 11 is 7.14. The number of nitrogens with two attached hydrogens (primary N) is 1. The molecule has 0 spiro atoms. The number of thiophene rings is 1. The number of halogens is 2. The monoisotopic (exact) mass is 271 g/mol. The predicted molar refractivity (Wildman–Crippen MR) is 68.3 cm³/mol. The third-order valence-corrected chi connectivity index (χ3v) is 3.66. The molecule has 5 heteroatoms. The first-order valence-corrected chi connectivity index (χ1v) is 6.20. The Hall–Kier alpha value is -1.10. The van der Waals surface area contributed by atoms with Crippen LogP contribution in [0.1, 0.15) is 16.5 Å². The Morgan fingerprint density at radius 2 is 2.18 bits per heavy atom. The highest BCUT2D eigenvalue weighted by molar-refractivity contribution is 7.10. The molecule has 1 unspecified atom stereocenters. The van der Waals surface area contributed by atoms with Gasteiger partial charge in [-0.05, 0) is 18.2 Å². The molecule has 2 nitrogen and oxygen atoms in total. The van der Waals surface area contributed by atoms with Crippen LogP contribution in [0.25, 0.3) is 0 Å². The summed E-state index contributed by atoms with van der Waals surface area (Å²) in [7, 11) is 1.58. The molecule has 2 N–H and O–H groups in total. The number of methoxy groups -OCH3 is 1. The van der Waals surface area contributed by atoms with Crippen LogP contribution < -0.4 is 10.5 Å². The van der Waals surface area contributed by atoms with Crippen LogP contribution >= 0.6 is 22.9 Å². The summed E-state index contributed by atoms with van der Waals surface area (Å²) in [5.74, 6) is 0.340. The lowest BCUT2D eigenvalue weighted by Gasteiger charge is -2.11. The molecular weight excluding hydrogens is 261 g/mol. The van der Waals surface area contributed by atoms with Crippen molar-refractivity contribution in [2.24, 2.45) is 5.73 Å². The molecule has 90 valence electrons. The average molecular weight is 272 g/mol. The Balaban J connectivity index is 2.33. The molecular formula is C12H11ClFNOS. The Bertz CT molecular complexity index is 529. The van der Waals surface area contributed by atoms with Crippen molar-refractivity contribution in [1.82, 2.24) is 0 Å². The summed E-state index contributed by atoms with van der Waals surface area (Å²) in [5, 5.41) is 2.20. The van der Waals surface area contributed by atoms with Crippen molar-refractivity contribution in [2.45, 2.75) is 6.04 Å². The third-order valence-electron chi connectivity index (χ3n) is 2.44. The zero-order valence-corrected chi connectivity index (χ0v) is 10.7. The molecule has 0 aliphatic carbocycles. The fourth-order valence-electron chi connectivity index (χ4n) is 1.51. The molecule has 0 bridgehead atoms. The van der Waals surface area contributed by atoms with Crippen molar-refractivity contribution >= 4 is 22.9 Å². The molecule has 0 saturated heterocycles. The first-order chi connectivity index (χ1) is 8.11. The van der Waals surface area contributed by atoms with Crippen LogP contribution in [-0.2, 0) is 0 Å². The van der Waals surface area contributed by atoms with Gasteiger partial charge in [-0.2, -0.15) is 0 Å². The van der Waals surface area contributed by atoms with Gasteiger partial charge in [0.1, 0.15) is 11.6 Å². The number of rotatable bonds is 3. The molecule has 2 aromatic rings. The largest absolute Gasteiger partial charge is 0.496 e. The first kappa shape index (κ1) is 12.4. The van der Waals surface area contributed by atoms with Crippen LogP contribution in [0.15, 0.2) is 29.6 Å². The fourth-order valence-corrected chi connectivity index (χ4v) is 2.54. The van der Waals surface area contributed by atoms with Crippen LogP contribution in [0.5, 0.6) is 5.75 Å². The average Bonchev–Trinajstić information content (AvgIpc) is 2.76. The Morgan fingerprint density at radius 3 is 2.76 bits per heavy atom. The summed E-state index contributed by atoms with van der Waals surface area (Å²) in [4.78, 5) is 0.850. The van der Waals surface area contributed by atoms with Crippen LogP contribution in [0.4, 0.5) is 4.39 Å². The van der Waals surface area contributed by atoms with Gasteiger partial charge in [-0.15, -0.1) is 11.3 Å². The second kappa shape index (κ2) is 5.04. The number of hydrogen-bond acceptors (Lipinski definition) is 3. The number of benzene rings is 1. The summed E-state index contributed by atoms with van der Waals surface area (Å²) < 4.78 is 18.8. The van der Waals surface area contributed by atoms with Gasteiger partial charge < -0.3 is 10.5 Å². The second-order valence-corrected chi connectivity index (χ2v) is 4.91. The molecule has 0 amide bonds. The Kier molecular flexibility index (Phi) is 3.66. The summed E-state index contributed by atoms with van der Waals surface area (Å²) in [5.41, 5.74) is 6.44. The Morgan fingerprint density at radius 1 is 1.41 bits per heavy atom. The van der Waals surface area contributed by atoms with Gasteiger partial charge in [0.05, 0.1) is 13.2 Å². The molecule has 0 aliphatic heterocycles. The topological polar surface area (TPSA) is 35.2 Å². The fraction of sp³-hybridized carbons (Fsp3) is 0.167. The van der Waals surface area contributed by atoms with Crippen molar-refractivity contribution in [1.29, 1.82) is 0 Å². The SMILES string of the molecule is COc1csc(C(N)c2ccc(Cl)cc2F)c1. The van der Waals surface area contributed by atoms with Gasteiger partial charge in [-0.1, -0.05) is 17.7 Å². The lowest BCUT2D eigenvalue weighted by molar-refractivity contribution is 0.416. The van der Waals surface area contributed by atoms with Gasteiger partial charge in [0.2, 0.25) is 0 Å². The van der Waals surface area contributed by atoms with Crippen molar-refractivity contribution in [3.63, 3.8) is 0 Å². The molecule has 2 rings (SSSR count). The van der Waals surface area contributed by atoms with Gasteiger partial charge in [0.25, 0.3) is 0 Å². The number of ether oxygens (including phenoxy) is 1. The minimum Gasteiger partial charge on any atom is -0.496 e. The van der Waals surface area contributed by atoms with E-state index >= 15 is 0 Å². The summed E-state index contributed by atoms with van der Waals surface area (Å²) in [6.07, 6.45) is 0. The van der Waals surface area contributed by atoms with E-state index < -0.39 is 11.9 Å². The van der Waals surface area contributed by atoms with Crippen LogP contribution in [0.3, 0.4) is 0 Å². The molecule has 0 fully saturated rings. The molecule has 17 heavy (non-hydrogen) atoms. The maximum atomic E-state index is 13.7. The summed E-state index contributed by atoms with van der Waals surface area (Å²) in [6, 6.07) is 5.81. The predicted octanol–water partition coefficient (Wildman–Crippen LogP) is 3.60. The lowest BCUT2D eigenvalue weighted by Crippen LogP contribution is -2.12. The third kappa shape index (κ3) is 2.60. The normalized spacial score (nSPS) is 12.5. The summed E-state index contributed by atoms with van der Waals surface area (Å²) in [6.45, 7) is 0. The van der Waals surface area contributed by atoms with E-state index in [1.54, 1.807) is 19.2 Å². The standard InChI is InChI=1S/C12H11ClFNOS/c1-16-8-5-11(17-6-8)12(15)9-3-2-7(13)4-10(9)14/h2-6,12H,15H2,1H3. The van der Waals surface area contributed by atoms with Gasteiger partial charge >= 0.3 is 0 Å². The minimum absolute atomic E-state index is 0.363. The van der Waals surface area contributed by atoms with E-state index in [4.69, 9.17) is 22.1 Å². The molecule has 0 aliphatic rings. The van der Waals surface area contributed by atoms with E-state index in [-0.39, 0.29) is 0 Å². The molecule has 1 heterocycles. The van der Waals surface area contributed by atoms with Gasteiger partial charge in [0, 0.05) is 20.8 Å². The number of hydrogen-bond donors (Lipinski definition) is 1. The van der Waals surface area contributed by atoms with E-state index in [9.17, 15) is 4.39 Å². The smallest absolute Gasteiger partial charge is 0.129 e. The Labute approximate surface area is 108 Å². The highest BCUT2D eigenvalue weighted by atomic mass is 35.5. The zero-order valence-electron chi connectivity index (χ0n) is 9.11. The van der Waals surface area contributed by atoms with Crippen molar-refractivity contribution in [2.75, 3.05) is 7.11 Å². The van der Waals surface area contributed by atoms with Crippen molar-refractivity contribution in [3.05, 3.63) is 50.9 Å². The first-order valence-electron chi connectivity index (χ1n) is 4.94. The van der Waals surface area contributed by atoms with Crippen LogP contribution in [-0.4, -0.2) is 7.11 Å². The van der Waals surface area contributed by atoms with Gasteiger partial charge in [-0.3, -0.25) is 0 Å². The molecule has 1 aromatic heterocycles. The highest BCUT2D eigenvalue weighted by Gasteiger charge is 2.16. The lowest BCUT2D eigenvalue weighted by atomic mass is 10.1.